The van der Waals surface area contributed by atoms with E-state index in [1.54, 1.807) is 30.3 Å². The molecule has 0 aliphatic heterocycles. The topological polar surface area (TPSA) is 122 Å². The van der Waals surface area contributed by atoms with Crippen molar-refractivity contribution in [3.63, 3.8) is 0 Å². The lowest BCUT2D eigenvalue weighted by Gasteiger charge is -2.20. The maximum absolute atomic E-state index is 10.6. The highest BCUT2D eigenvalue weighted by atomic mass is 16.3. The normalized spacial score (nSPS) is 11.9. The number of amides is 1. The lowest BCUT2D eigenvalue weighted by molar-refractivity contribution is -0.105. The summed E-state index contributed by atoms with van der Waals surface area (Å²) in [5.74, 6) is 0.378. The van der Waals surface area contributed by atoms with Gasteiger partial charge in [-0.3, -0.25) is 4.79 Å². The molecule has 162 valence electrons. The molecule has 7 heteroatoms. The fourth-order valence-corrected chi connectivity index (χ4v) is 3.48. The summed E-state index contributed by atoms with van der Waals surface area (Å²) in [6.45, 7) is 0.907. The summed E-state index contributed by atoms with van der Waals surface area (Å²) in [7, 11) is 0. The first-order valence-electron chi connectivity index (χ1n) is 9.97. The first-order valence-corrected chi connectivity index (χ1v) is 9.97. The monoisotopic (exact) mass is 422 g/mol. The standard InChI is InChI=1S/C24H26N2O5/c27-15-26-22-13-18(5-10-23(22)30)24(31)14-25-12-11-21(16-1-6-19(28)7-2-16)17-3-8-20(29)9-4-17/h1-10,13,15,21,24-25,28-31H,11-12,14H2,(H,26,27)/t24-/m0/s1. The highest BCUT2D eigenvalue weighted by Crippen LogP contribution is 2.30. The van der Waals surface area contributed by atoms with Crippen molar-refractivity contribution < 1.29 is 25.2 Å². The predicted octanol–water partition coefficient (Wildman–Crippen LogP) is 3.22. The van der Waals surface area contributed by atoms with Gasteiger partial charge in [0.15, 0.2) is 0 Å². The molecule has 3 rings (SSSR count). The van der Waals surface area contributed by atoms with Gasteiger partial charge in [-0.15, -0.1) is 0 Å². The van der Waals surface area contributed by atoms with Crippen LogP contribution in [-0.2, 0) is 4.79 Å². The minimum absolute atomic E-state index is 0.0444. The summed E-state index contributed by atoms with van der Waals surface area (Å²) < 4.78 is 0. The van der Waals surface area contributed by atoms with Crippen molar-refractivity contribution in [2.45, 2.75) is 18.4 Å². The Morgan fingerprint density at radius 2 is 1.35 bits per heavy atom. The molecule has 0 heterocycles. The minimum atomic E-state index is -0.811. The average Bonchev–Trinajstić information content (AvgIpc) is 2.77. The van der Waals surface area contributed by atoms with Gasteiger partial charge in [0.2, 0.25) is 6.41 Å². The molecule has 0 radical (unpaired) electrons. The highest BCUT2D eigenvalue weighted by molar-refractivity contribution is 5.75. The number of aromatic hydroxyl groups is 3. The second-order valence-corrected chi connectivity index (χ2v) is 7.28. The first kappa shape index (κ1) is 22.1. The minimum Gasteiger partial charge on any atom is -0.508 e. The third-order valence-corrected chi connectivity index (χ3v) is 5.16. The van der Waals surface area contributed by atoms with Gasteiger partial charge in [0, 0.05) is 12.5 Å². The van der Waals surface area contributed by atoms with Crippen LogP contribution in [0.4, 0.5) is 5.69 Å². The molecule has 0 saturated heterocycles. The second kappa shape index (κ2) is 10.5. The van der Waals surface area contributed by atoms with Gasteiger partial charge in [0.1, 0.15) is 17.2 Å². The van der Waals surface area contributed by atoms with Gasteiger partial charge in [-0.25, -0.2) is 0 Å². The van der Waals surface area contributed by atoms with E-state index in [1.165, 1.54) is 12.1 Å². The molecule has 1 atom stereocenters. The second-order valence-electron chi connectivity index (χ2n) is 7.28. The van der Waals surface area contributed by atoms with Gasteiger partial charge in [-0.2, -0.15) is 0 Å². The van der Waals surface area contributed by atoms with Crippen LogP contribution in [0, 0.1) is 0 Å². The fourth-order valence-electron chi connectivity index (χ4n) is 3.48. The summed E-state index contributed by atoms with van der Waals surface area (Å²) >= 11 is 0. The van der Waals surface area contributed by atoms with Crippen LogP contribution in [0.5, 0.6) is 17.2 Å². The number of phenols is 3. The van der Waals surface area contributed by atoms with Gasteiger partial charge in [-0.05, 0) is 66.1 Å². The number of phenolic OH excluding ortho intramolecular Hbond substituents is 3. The number of hydrogen-bond acceptors (Lipinski definition) is 6. The van der Waals surface area contributed by atoms with E-state index in [4.69, 9.17) is 0 Å². The van der Waals surface area contributed by atoms with E-state index in [-0.39, 0.29) is 28.9 Å². The van der Waals surface area contributed by atoms with Crippen molar-refractivity contribution in [1.29, 1.82) is 0 Å². The van der Waals surface area contributed by atoms with Crippen molar-refractivity contribution in [3.8, 4) is 17.2 Å². The predicted molar refractivity (Wildman–Crippen MR) is 118 cm³/mol. The Balaban J connectivity index is 1.63. The zero-order chi connectivity index (χ0) is 22.2. The molecular weight excluding hydrogens is 396 g/mol. The molecule has 0 spiro atoms. The van der Waals surface area contributed by atoms with Crippen molar-refractivity contribution in [2.75, 3.05) is 18.4 Å². The molecule has 6 N–H and O–H groups in total. The van der Waals surface area contributed by atoms with Crippen LogP contribution in [0.15, 0.2) is 66.7 Å². The number of rotatable bonds is 10. The van der Waals surface area contributed by atoms with Crippen LogP contribution in [0.25, 0.3) is 0 Å². The molecule has 7 nitrogen and oxygen atoms in total. The maximum Gasteiger partial charge on any atom is 0.211 e. The van der Waals surface area contributed by atoms with E-state index < -0.39 is 6.10 Å². The van der Waals surface area contributed by atoms with E-state index in [1.807, 2.05) is 24.3 Å². The molecule has 0 unspecified atom stereocenters. The third kappa shape index (κ3) is 5.97. The number of carbonyl (C=O) groups excluding carboxylic acids is 1. The largest absolute Gasteiger partial charge is 0.508 e. The quantitative estimate of drug-likeness (QED) is 0.169. The fraction of sp³-hybridized carbons (Fsp3) is 0.208. The first-order chi connectivity index (χ1) is 15.0. The van der Waals surface area contributed by atoms with Crippen LogP contribution >= 0.6 is 0 Å². The van der Waals surface area contributed by atoms with E-state index in [9.17, 15) is 25.2 Å². The number of hydrogen-bond donors (Lipinski definition) is 6. The Kier molecular flexibility index (Phi) is 7.48. The number of anilines is 1. The third-order valence-electron chi connectivity index (χ3n) is 5.16. The molecule has 3 aromatic rings. The van der Waals surface area contributed by atoms with Gasteiger partial charge in [0.05, 0.1) is 11.8 Å². The van der Waals surface area contributed by atoms with E-state index in [2.05, 4.69) is 10.6 Å². The van der Waals surface area contributed by atoms with E-state index in [0.717, 1.165) is 17.5 Å². The lowest BCUT2D eigenvalue weighted by Crippen LogP contribution is -2.24. The van der Waals surface area contributed by atoms with Crippen molar-refractivity contribution in [2.24, 2.45) is 0 Å². The summed E-state index contributed by atoms with van der Waals surface area (Å²) in [4.78, 5) is 10.6. The van der Waals surface area contributed by atoms with Crippen LogP contribution in [0.1, 0.15) is 35.1 Å². The molecule has 0 bridgehead atoms. The van der Waals surface area contributed by atoms with Crippen LogP contribution in [-0.4, -0.2) is 39.9 Å². The molecule has 0 fully saturated rings. The van der Waals surface area contributed by atoms with Gasteiger partial charge in [-0.1, -0.05) is 30.3 Å². The number of benzene rings is 3. The zero-order valence-corrected chi connectivity index (χ0v) is 16.9. The van der Waals surface area contributed by atoms with Crippen LogP contribution in [0.3, 0.4) is 0 Å². The number of aliphatic hydroxyl groups excluding tert-OH is 1. The smallest absolute Gasteiger partial charge is 0.211 e. The molecule has 1 amide bonds. The molecular formula is C24H26N2O5. The molecule has 0 aliphatic carbocycles. The molecule has 0 aromatic heterocycles. The number of nitrogens with one attached hydrogen (secondary N) is 2. The zero-order valence-electron chi connectivity index (χ0n) is 16.9. The van der Waals surface area contributed by atoms with Crippen LogP contribution in [0.2, 0.25) is 0 Å². The Morgan fingerprint density at radius 1 is 0.806 bits per heavy atom. The average molecular weight is 422 g/mol. The van der Waals surface area contributed by atoms with E-state index >= 15 is 0 Å². The van der Waals surface area contributed by atoms with Crippen molar-refractivity contribution in [3.05, 3.63) is 83.4 Å². The van der Waals surface area contributed by atoms with Crippen LogP contribution < -0.4 is 10.6 Å². The van der Waals surface area contributed by atoms with Crippen molar-refractivity contribution in [1.82, 2.24) is 5.32 Å². The summed E-state index contributed by atoms with van der Waals surface area (Å²) in [5, 5.41) is 45.0. The lowest BCUT2D eigenvalue weighted by atomic mass is 9.88. The summed E-state index contributed by atoms with van der Waals surface area (Å²) in [6, 6.07) is 18.7. The summed E-state index contributed by atoms with van der Waals surface area (Å²) in [6.07, 6.45) is 0.389. The van der Waals surface area contributed by atoms with E-state index in [0.29, 0.717) is 25.1 Å². The summed E-state index contributed by atoms with van der Waals surface area (Å²) in [5.41, 5.74) is 2.89. The molecule has 0 saturated carbocycles. The Bertz CT molecular complexity index is 944. The number of aliphatic hydroxyl groups is 1. The Morgan fingerprint density at radius 3 is 1.90 bits per heavy atom. The Hall–Kier alpha value is -3.55. The van der Waals surface area contributed by atoms with Gasteiger partial charge < -0.3 is 31.1 Å². The molecule has 31 heavy (non-hydrogen) atoms. The SMILES string of the molecule is O=CNc1cc([C@@H](O)CNCCC(c2ccc(O)cc2)c2ccc(O)cc2)ccc1O. The van der Waals surface area contributed by atoms with Gasteiger partial charge in [0.25, 0.3) is 0 Å². The number of carbonyl (C=O) groups is 1. The highest BCUT2D eigenvalue weighted by Gasteiger charge is 2.15. The van der Waals surface area contributed by atoms with Crippen molar-refractivity contribution >= 4 is 12.1 Å². The maximum atomic E-state index is 10.6. The van der Waals surface area contributed by atoms with Gasteiger partial charge >= 0.3 is 0 Å². The molecule has 3 aromatic carbocycles. The molecule has 0 aliphatic rings. The Labute approximate surface area is 180 Å².